The molecule has 0 saturated heterocycles. The first kappa shape index (κ1) is 20.1. The second-order valence-corrected chi connectivity index (χ2v) is 6.36. The van der Waals surface area contributed by atoms with Gasteiger partial charge in [0, 0.05) is 12.6 Å². The number of nitrogens with one attached hydrogen (secondary N) is 2. The third-order valence-electron chi connectivity index (χ3n) is 4.30. The summed E-state index contributed by atoms with van der Waals surface area (Å²) in [4.78, 5) is 21.3. The monoisotopic (exact) mass is 392 g/mol. The number of hydrogen-bond acceptors (Lipinski definition) is 6. The molecule has 3 rings (SSSR count). The van der Waals surface area contributed by atoms with Gasteiger partial charge in [-0.3, -0.25) is 4.79 Å². The van der Waals surface area contributed by atoms with E-state index < -0.39 is 0 Å². The molecule has 0 unspecified atom stereocenters. The van der Waals surface area contributed by atoms with Gasteiger partial charge in [-0.1, -0.05) is 24.3 Å². The quantitative estimate of drug-likeness (QED) is 0.608. The van der Waals surface area contributed by atoms with Gasteiger partial charge in [0.1, 0.15) is 28.8 Å². The smallest absolute Gasteiger partial charge is 0.274 e. The lowest BCUT2D eigenvalue weighted by atomic mass is 10.1. The van der Waals surface area contributed by atoms with Crippen molar-refractivity contribution >= 4 is 17.4 Å². The van der Waals surface area contributed by atoms with Crippen molar-refractivity contribution in [3.8, 4) is 11.5 Å². The van der Waals surface area contributed by atoms with E-state index in [0.717, 1.165) is 12.2 Å². The van der Waals surface area contributed by atoms with Gasteiger partial charge in [0.2, 0.25) is 0 Å². The molecule has 0 radical (unpaired) electrons. The van der Waals surface area contributed by atoms with E-state index >= 15 is 0 Å². The Balaban J connectivity index is 1.64. The van der Waals surface area contributed by atoms with E-state index in [1.54, 1.807) is 39.3 Å². The van der Waals surface area contributed by atoms with Gasteiger partial charge < -0.3 is 20.1 Å². The van der Waals surface area contributed by atoms with Gasteiger partial charge in [-0.15, -0.1) is 0 Å². The normalized spacial score (nSPS) is 10.3. The first-order valence-electron chi connectivity index (χ1n) is 9.26. The summed E-state index contributed by atoms with van der Waals surface area (Å²) < 4.78 is 10.4. The van der Waals surface area contributed by atoms with Crippen molar-refractivity contribution < 1.29 is 14.3 Å². The van der Waals surface area contributed by atoms with Crippen LogP contribution in [0.3, 0.4) is 0 Å². The van der Waals surface area contributed by atoms with Crippen LogP contribution in [0.1, 0.15) is 21.9 Å². The fourth-order valence-corrected chi connectivity index (χ4v) is 2.84. The van der Waals surface area contributed by atoms with Gasteiger partial charge in [0.25, 0.3) is 5.91 Å². The molecule has 29 heavy (non-hydrogen) atoms. The minimum atomic E-state index is -0.321. The zero-order valence-electron chi connectivity index (χ0n) is 16.7. The lowest BCUT2D eigenvalue weighted by molar-refractivity contribution is 0.102. The van der Waals surface area contributed by atoms with E-state index in [2.05, 4.69) is 20.6 Å². The lowest BCUT2D eigenvalue weighted by Gasteiger charge is -2.11. The van der Waals surface area contributed by atoms with Gasteiger partial charge in [-0.2, -0.15) is 0 Å². The zero-order chi connectivity index (χ0) is 20.6. The first-order chi connectivity index (χ1) is 14.1. The number of aromatic nitrogens is 2. The molecular weight excluding hydrogens is 368 g/mol. The standard InChI is InChI=1S/C22H24N4O3/c1-15-24-19(22(27)26-18-6-4-5-7-20(18)29-3)14-21(25-15)23-13-12-16-8-10-17(28-2)11-9-16/h4-11,14H,12-13H2,1-3H3,(H,26,27)(H,23,24,25). The molecule has 0 atom stereocenters. The SMILES string of the molecule is COc1ccc(CCNc2cc(C(=O)Nc3ccccc3OC)nc(C)n2)cc1. The Labute approximate surface area is 170 Å². The highest BCUT2D eigenvalue weighted by molar-refractivity contribution is 6.04. The molecule has 3 aromatic rings. The van der Waals surface area contributed by atoms with Gasteiger partial charge in [0.05, 0.1) is 19.9 Å². The Bertz CT molecular complexity index is 974. The molecule has 0 aliphatic rings. The average Bonchev–Trinajstić information content (AvgIpc) is 2.74. The van der Waals surface area contributed by atoms with Crippen LogP contribution in [0.5, 0.6) is 11.5 Å². The minimum absolute atomic E-state index is 0.287. The Morgan fingerprint density at radius 3 is 2.48 bits per heavy atom. The number of carbonyl (C=O) groups excluding carboxylic acids is 1. The number of anilines is 2. The van der Waals surface area contributed by atoms with Crippen molar-refractivity contribution in [1.29, 1.82) is 0 Å². The van der Waals surface area contributed by atoms with E-state index in [-0.39, 0.29) is 11.6 Å². The fraction of sp³-hybridized carbons (Fsp3) is 0.227. The first-order valence-corrected chi connectivity index (χ1v) is 9.26. The molecule has 7 heteroatoms. The molecular formula is C22H24N4O3. The Kier molecular flexibility index (Phi) is 6.63. The molecule has 2 aromatic carbocycles. The van der Waals surface area contributed by atoms with Crippen LogP contribution in [0, 0.1) is 6.92 Å². The van der Waals surface area contributed by atoms with E-state index in [0.29, 0.717) is 29.6 Å². The van der Waals surface area contributed by atoms with Crippen LogP contribution < -0.4 is 20.1 Å². The van der Waals surface area contributed by atoms with Crippen molar-refractivity contribution in [2.24, 2.45) is 0 Å². The van der Waals surface area contributed by atoms with Crippen LogP contribution in [0.25, 0.3) is 0 Å². The predicted octanol–water partition coefficient (Wildman–Crippen LogP) is 3.71. The van der Waals surface area contributed by atoms with Gasteiger partial charge in [-0.05, 0) is 43.2 Å². The second-order valence-electron chi connectivity index (χ2n) is 6.36. The third-order valence-corrected chi connectivity index (χ3v) is 4.30. The summed E-state index contributed by atoms with van der Waals surface area (Å²) in [6, 6.07) is 16.8. The number of carbonyl (C=O) groups is 1. The van der Waals surface area contributed by atoms with Crippen LogP contribution >= 0.6 is 0 Å². The molecule has 1 aromatic heterocycles. The van der Waals surface area contributed by atoms with E-state index in [1.807, 2.05) is 36.4 Å². The van der Waals surface area contributed by atoms with Crippen LogP contribution in [0.15, 0.2) is 54.6 Å². The summed E-state index contributed by atoms with van der Waals surface area (Å²) in [5.74, 6) is 2.22. The Hall–Kier alpha value is -3.61. The van der Waals surface area contributed by atoms with Crippen molar-refractivity contribution in [1.82, 2.24) is 9.97 Å². The molecule has 7 nitrogen and oxygen atoms in total. The van der Waals surface area contributed by atoms with Crippen LogP contribution in [0.4, 0.5) is 11.5 Å². The highest BCUT2D eigenvalue weighted by Gasteiger charge is 2.13. The van der Waals surface area contributed by atoms with E-state index in [9.17, 15) is 4.79 Å². The van der Waals surface area contributed by atoms with Crippen molar-refractivity contribution in [3.05, 3.63) is 71.7 Å². The highest BCUT2D eigenvalue weighted by atomic mass is 16.5. The summed E-state index contributed by atoms with van der Waals surface area (Å²) in [5, 5.41) is 6.09. The summed E-state index contributed by atoms with van der Waals surface area (Å²) in [6.07, 6.45) is 0.815. The number of nitrogens with zero attached hydrogens (tertiary/aromatic N) is 2. The maximum atomic E-state index is 12.6. The number of ether oxygens (including phenoxy) is 2. The topological polar surface area (TPSA) is 85.4 Å². The summed E-state index contributed by atoms with van der Waals surface area (Å²) in [6.45, 7) is 2.44. The number of methoxy groups -OCH3 is 2. The summed E-state index contributed by atoms with van der Waals surface area (Å²) in [7, 11) is 3.21. The molecule has 0 spiro atoms. The summed E-state index contributed by atoms with van der Waals surface area (Å²) >= 11 is 0. The molecule has 1 heterocycles. The van der Waals surface area contributed by atoms with E-state index in [4.69, 9.17) is 9.47 Å². The lowest BCUT2D eigenvalue weighted by Crippen LogP contribution is -2.16. The number of aryl methyl sites for hydroxylation is 1. The molecule has 0 bridgehead atoms. The van der Waals surface area contributed by atoms with Crippen LogP contribution in [-0.2, 0) is 6.42 Å². The molecule has 150 valence electrons. The largest absolute Gasteiger partial charge is 0.497 e. The van der Waals surface area contributed by atoms with Crippen molar-refractivity contribution in [3.63, 3.8) is 0 Å². The number of amides is 1. The molecule has 1 amide bonds. The molecule has 0 fully saturated rings. The third kappa shape index (κ3) is 5.44. The number of rotatable bonds is 8. The molecule has 0 saturated carbocycles. The fourth-order valence-electron chi connectivity index (χ4n) is 2.84. The molecule has 0 aliphatic carbocycles. The minimum Gasteiger partial charge on any atom is -0.497 e. The second kappa shape index (κ2) is 9.54. The number of para-hydroxylation sites is 2. The highest BCUT2D eigenvalue weighted by Crippen LogP contribution is 2.23. The van der Waals surface area contributed by atoms with Crippen molar-refractivity contribution in [2.45, 2.75) is 13.3 Å². The Morgan fingerprint density at radius 2 is 1.76 bits per heavy atom. The van der Waals surface area contributed by atoms with Crippen molar-refractivity contribution in [2.75, 3.05) is 31.4 Å². The predicted molar refractivity (Wildman–Crippen MR) is 113 cm³/mol. The average molecular weight is 392 g/mol. The van der Waals surface area contributed by atoms with Crippen LogP contribution in [-0.4, -0.2) is 36.6 Å². The molecule has 2 N–H and O–H groups in total. The van der Waals surface area contributed by atoms with E-state index in [1.165, 1.54) is 5.56 Å². The summed E-state index contributed by atoms with van der Waals surface area (Å²) in [5.41, 5.74) is 2.05. The molecule has 0 aliphatic heterocycles. The maximum absolute atomic E-state index is 12.6. The van der Waals surface area contributed by atoms with Crippen LogP contribution in [0.2, 0.25) is 0 Å². The van der Waals surface area contributed by atoms with Gasteiger partial charge in [-0.25, -0.2) is 9.97 Å². The van der Waals surface area contributed by atoms with Gasteiger partial charge >= 0.3 is 0 Å². The zero-order valence-corrected chi connectivity index (χ0v) is 16.7. The Morgan fingerprint density at radius 1 is 1.00 bits per heavy atom. The van der Waals surface area contributed by atoms with Gasteiger partial charge in [0.15, 0.2) is 0 Å². The number of benzene rings is 2. The maximum Gasteiger partial charge on any atom is 0.274 e. The number of hydrogen-bond donors (Lipinski definition) is 2.